The number of benzene rings is 13. The lowest BCUT2D eigenvalue weighted by Crippen LogP contribution is -2.50. The van der Waals surface area contributed by atoms with Crippen LogP contribution in [-0.2, 0) is 5.41 Å². The molecule has 0 saturated heterocycles. The summed E-state index contributed by atoms with van der Waals surface area (Å²) in [6.07, 6.45) is 0. The number of fused-ring (bicyclic) bond motifs is 16. The maximum Gasteiger partial charge on any atom is 0.0543 e. The zero-order valence-corrected chi connectivity index (χ0v) is 48.8. The van der Waals surface area contributed by atoms with E-state index in [2.05, 4.69) is 340 Å². The van der Waals surface area contributed by atoms with Crippen molar-refractivity contribution in [2.75, 3.05) is 9.80 Å². The molecular formula is C81H64N4. The third-order valence-corrected chi connectivity index (χ3v) is 18.7. The van der Waals surface area contributed by atoms with Crippen LogP contribution in [0.1, 0.15) is 52.7 Å². The van der Waals surface area contributed by atoms with Crippen molar-refractivity contribution >= 4 is 110 Å². The van der Waals surface area contributed by atoms with Crippen molar-refractivity contribution in [1.82, 2.24) is 9.13 Å². The normalized spacial score (nSPS) is 13.2. The van der Waals surface area contributed by atoms with Gasteiger partial charge in [-0.3, -0.25) is 0 Å². The zero-order chi connectivity index (χ0) is 57.3. The van der Waals surface area contributed by atoms with E-state index in [1.54, 1.807) is 0 Å². The van der Waals surface area contributed by atoms with Crippen molar-refractivity contribution < 1.29 is 0 Å². The summed E-state index contributed by atoms with van der Waals surface area (Å²) in [5.74, 6) is 0. The largest absolute Gasteiger partial charge is 0.310 e. The van der Waals surface area contributed by atoms with Gasteiger partial charge in [0.05, 0.1) is 27.8 Å². The molecule has 0 radical (unpaired) electrons. The highest BCUT2D eigenvalue weighted by molar-refractivity contribution is 6.24. The molecule has 0 atom stereocenters. The topological polar surface area (TPSA) is 16.3 Å². The van der Waals surface area contributed by atoms with E-state index >= 15 is 0 Å². The van der Waals surface area contributed by atoms with Gasteiger partial charge in [0, 0.05) is 72.2 Å². The number of nitrogens with zero attached hydrogens (tertiary/aromatic N) is 4. The molecule has 85 heavy (non-hydrogen) atoms. The molecule has 0 unspecified atom stereocenters. The average molecular weight is 1090 g/mol. The van der Waals surface area contributed by atoms with Gasteiger partial charge >= 0.3 is 0 Å². The van der Waals surface area contributed by atoms with E-state index in [9.17, 15) is 0 Å². The molecule has 4 nitrogen and oxygen atoms in total. The van der Waals surface area contributed by atoms with Crippen molar-refractivity contribution in [3.05, 3.63) is 290 Å². The van der Waals surface area contributed by atoms with Gasteiger partial charge in [-0.15, -0.1) is 0 Å². The first-order valence-electron chi connectivity index (χ1n) is 29.9. The van der Waals surface area contributed by atoms with Crippen LogP contribution in [0.25, 0.3) is 98.4 Å². The summed E-state index contributed by atoms with van der Waals surface area (Å²) in [5.41, 5.74) is 18.2. The van der Waals surface area contributed by atoms with Gasteiger partial charge in [-0.2, -0.15) is 0 Å². The lowest BCUT2D eigenvalue weighted by Gasteiger charge is -2.53. The van der Waals surface area contributed by atoms with E-state index < -0.39 is 5.41 Å². The number of anilines is 6. The van der Waals surface area contributed by atoms with Crippen LogP contribution in [0.15, 0.2) is 279 Å². The SMILES string of the molecule is CC(C)(C)C1(C(C)(C)C)c2cc(N(c3ccccc3)c3ccc4c(c3)c3ccccc3n4-c3ccccc3)c3ccccc3c2-c2c1c1ccc(N(c3ccccc3)c3ccc4c(c3)c3ccccc3n4-c3ccccc3)cc1c1ccccc21. The summed E-state index contributed by atoms with van der Waals surface area (Å²) in [4.78, 5) is 4.99. The Labute approximate surface area is 496 Å². The number of hydrogen-bond donors (Lipinski definition) is 0. The molecule has 1 aliphatic carbocycles. The molecule has 1 aliphatic rings. The summed E-state index contributed by atoms with van der Waals surface area (Å²) in [5, 5.41) is 12.4. The summed E-state index contributed by atoms with van der Waals surface area (Å²) < 4.78 is 4.81. The molecule has 2 aromatic heterocycles. The van der Waals surface area contributed by atoms with Gasteiger partial charge in [-0.1, -0.05) is 205 Å². The Bertz CT molecular complexity index is 5120. The van der Waals surface area contributed by atoms with Crippen molar-refractivity contribution in [2.45, 2.75) is 47.0 Å². The number of aromatic nitrogens is 2. The Morgan fingerprint density at radius 3 is 1.15 bits per heavy atom. The van der Waals surface area contributed by atoms with Crippen LogP contribution in [0.2, 0.25) is 0 Å². The summed E-state index contributed by atoms with van der Waals surface area (Å²) in [7, 11) is 0. The molecule has 16 rings (SSSR count). The highest BCUT2D eigenvalue weighted by Crippen LogP contribution is 2.69. The first kappa shape index (κ1) is 50.6. The Balaban J connectivity index is 0.954. The molecule has 0 amide bonds. The van der Waals surface area contributed by atoms with E-state index in [-0.39, 0.29) is 10.8 Å². The number of rotatable bonds is 8. The Kier molecular flexibility index (Phi) is 11.3. The first-order chi connectivity index (χ1) is 41.5. The molecule has 0 saturated carbocycles. The van der Waals surface area contributed by atoms with E-state index in [1.807, 2.05) is 0 Å². The van der Waals surface area contributed by atoms with E-state index in [4.69, 9.17) is 0 Å². The maximum absolute atomic E-state index is 2.62. The predicted molar refractivity (Wildman–Crippen MR) is 362 cm³/mol. The molecule has 0 bridgehead atoms. The van der Waals surface area contributed by atoms with Crippen LogP contribution in [-0.4, -0.2) is 9.13 Å². The molecule has 2 heterocycles. The van der Waals surface area contributed by atoms with E-state index in [0.717, 1.165) is 45.5 Å². The van der Waals surface area contributed by atoms with Gasteiger partial charge in [-0.05, 0) is 175 Å². The van der Waals surface area contributed by atoms with Crippen LogP contribution in [0.3, 0.4) is 0 Å². The highest BCUT2D eigenvalue weighted by atomic mass is 15.2. The fraction of sp³-hybridized carbons (Fsp3) is 0.111. The smallest absolute Gasteiger partial charge is 0.0543 e. The Morgan fingerprint density at radius 2 is 0.647 bits per heavy atom. The summed E-state index contributed by atoms with van der Waals surface area (Å²) in [6, 6.07) is 104. The minimum absolute atomic E-state index is 0.279. The van der Waals surface area contributed by atoms with E-state index in [0.29, 0.717) is 0 Å². The van der Waals surface area contributed by atoms with Crippen molar-refractivity contribution in [2.24, 2.45) is 10.8 Å². The van der Waals surface area contributed by atoms with Gasteiger partial charge in [0.25, 0.3) is 0 Å². The number of para-hydroxylation sites is 6. The van der Waals surface area contributed by atoms with Gasteiger partial charge in [0.15, 0.2) is 0 Å². The lowest BCUT2D eigenvalue weighted by atomic mass is 9.49. The molecule has 13 aromatic carbocycles. The monoisotopic (exact) mass is 1090 g/mol. The molecule has 0 spiro atoms. The molecule has 0 N–H and O–H groups in total. The predicted octanol–water partition coefficient (Wildman–Crippen LogP) is 22.6. The molecule has 408 valence electrons. The summed E-state index contributed by atoms with van der Waals surface area (Å²) in [6.45, 7) is 15.0. The first-order valence-corrected chi connectivity index (χ1v) is 29.9. The third-order valence-electron chi connectivity index (χ3n) is 18.7. The fourth-order valence-corrected chi connectivity index (χ4v) is 15.8. The minimum atomic E-state index is -0.500. The van der Waals surface area contributed by atoms with Gasteiger partial charge < -0.3 is 18.9 Å². The Morgan fingerprint density at radius 1 is 0.271 bits per heavy atom. The van der Waals surface area contributed by atoms with Gasteiger partial charge in [0.2, 0.25) is 0 Å². The van der Waals surface area contributed by atoms with Crippen LogP contribution < -0.4 is 9.80 Å². The quantitative estimate of drug-likeness (QED) is 0.141. The van der Waals surface area contributed by atoms with Crippen LogP contribution in [0.5, 0.6) is 0 Å². The molecule has 4 heteroatoms. The molecule has 0 aliphatic heterocycles. The molecular weight excluding hydrogens is 1030 g/mol. The van der Waals surface area contributed by atoms with Crippen LogP contribution >= 0.6 is 0 Å². The fourth-order valence-electron chi connectivity index (χ4n) is 15.8. The Hall–Kier alpha value is -10.2. The van der Waals surface area contributed by atoms with Crippen LogP contribution in [0, 0.1) is 10.8 Å². The van der Waals surface area contributed by atoms with Gasteiger partial charge in [0.1, 0.15) is 0 Å². The average Bonchev–Trinajstić information content (AvgIpc) is 1.53. The highest BCUT2D eigenvalue weighted by Gasteiger charge is 2.59. The minimum Gasteiger partial charge on any atom is -0.310 e. The summed E-state index contributed by atoms with van der Waals surface area (Å²) >= 11 is 0. The zero-order valence-electron chi connectivity index (χ0n) is 48.8. The van der Waals surface area contributed by atoms with Crippen LogP contribution in [0.4, 0.5) is 34.1 Å². The second kappa shape index (κ2) is 18.9. The lowest BCUT2D eigenvalue weighted by molar-refractivity contribution is 0.0965. The second-order valence-corrected chi connectivity index (χ2v) is 25.3. The van der Waals surface area contributed by atoms with Crippen molar-refractivity contribution in [1.29, 1.82) is 0 Å². The van der Waals surface area contributed by atoms with Crippen molar-refractivity contribution in [3.8, 4) is 22.5 Å². The maximum atomic E-state index is 2.62. The third kappa shape index (κ3) is 7.41. The molecule has 0 fully saturated rings. The van der Waals surface area contributed by atoms with Gasteiger partial charge in [-0.25, -0.2) is 0 Å². The second-order valence-electron chi connectivity index (χ2n) is 25.3. The van der Waals surface area contributed by atoms with E-state index in [1.165, 1.54) is 98.2 Å². The standard InChI is InChI=1S/C81H64N4/c1-79(2,3)81(80(4,5)6)70-52-75(83(54-29-13-8-14-30-54)59-45-48-74-69(51-59)63-38-24-26-42-72(63)85(74)56-33-17-10-18-34-56)61-36-20-22-40-65(61)76(70)77-64-39-21-19-35-60(64)67-49-57(43-46-66(67)78(77)81)82(53-27-11-7-12-28-53)58-44-47-73-68(50-58)62-37-23-25-41-71(62)84(73)55-31-15-9-16-32-55/h7-52H,1-6H3. The van der Waals surface area contributed by atoms with Crippen molar-refractivity contribution in [3.63, 3.8) is 0 Å². The number of hydrogen-bond acceptors (Lipinski definition) is 2. The molecule has 15 aromatic rings.